The molecule has 0 aliphatic carbocycles. The van der Waals surface area contributed by atoms with E-state index in [9.17, 15) is 0 Å². The van der Waals surface area contributed by atoms with Gasteiger partial charge in [0.05, 0.1) is 25.1 Å². The summed E-state index contributed by atoms with van der Waals surface area (Å²) in [6, 6.07) is 3.95. The Bertz CT molecular complexity index is 518. The van der Waals surface area contributed by atoms with Crippen molar-refractivity contribution in [3.05, 3.63) is 24.2 Å². The molecular weight excluding hydrogens is 330 g/mol. The van der Waals surface area contributed by atoms with Gasteiger partial charge in [0.15, 0.2) is 5.96 Å². The third-order valence-corrected chi connectivity index (χ3v) is 5.00. The van der Waals surface area contributed by atoms with Crippen molar-refractivity contribution in [1.29, 1.82) is 0 Å². The van der Waals surface area contributed by atoms with E-state index in [1.54, 1.807) is 6.26 Å². The second-order valence-corrected chi connectivity index (χ2v) is 7.12. The Kier molecular flexibility index (Phi) is 7.83. The minimum atomic E-state index is 0.318. The van der Waals surface area contributed by atoms with Crippen molar-refractivity contribution in [3.63, 3.8) is 0 Å². The number of piperidine rings is 1. The Balaban J connectivity index is 1.40. The molecule has 3 heterocycles. The highest BCUT2D eigenvalue weighted by Gasteiger charge is 2.24. The van der Waals surface area contributed by atoms with Gasteiger partial charge in [0.25, 0.3) is 0 Å². The highest BCUT2D eigenvalue weighted by Crippen LogP contribution is 2.18. The second kappa shape index (κ2) is 10.6. The van der Waals surface area contributed by atoms with E-state index in [2.05, 4.69) is 17.1 Å². The van der Waals surface area contributed by atoms with Crippen LogP contribution in [-0.4, -0.2) is 62.5 Å². The minimum absolute atomic E-state index is 0.318. The molecule has 0 radical (unpaired) electrons. The number of hydrogen-bond acceptors (Lipinski definition) is 4. The summed E-state index contributed by atoms with van der Waals surface area (Å²) in [5.74, 6) is 2.03. The summed E-state index contributed by atoms with van der Waals surface area (Å²) in [5.41, 5.74) is 0. The Morgan fingerprint density at radius 1 is 1.35 bits per heavy atom. The molecule has 2 fully saturated rings. The van der Waals surface area contributed by atoms with Crippen LogP contribution in [0.4, 0.5) is 0 Å². The van der Waals surface area contributed by atoms with Crippen molar-refractivity contribution < 1.29 is 13.9 Å². The van der Waals surface area contributed by atoms with Crippen LogP contribution in [0.2, 0.25) is 0 Å². The monoisotopic (exact) mass is 363 g/mol. The molecule has 2 aliphatic rings. The molecule has 3 rings (SSSR count). The maximum atomic E-state index is 6.08. The van der Waals surface area contributed by atoms with Gasteiger partial charge in [-0.1, -0.05) is 6.92 Å². The molecule has 6 nitrogen and oxygen atoms in total. The van der Waals surface area contributed by atoms with E-state index in [1.807, 2.05) is 12.1 Å². The molecule has 0 saturated carbocycles. The molecule has 2 saturated heterocycles. The van der Waals surface area contributed by atoms with Gasteiger partial charge in [-0.25, -0.2) is 0 Å². The van der Waals surface area contributed by atoms with E-state index in [0.29, 0.717) is 12.2 Å². The molecule has 1 aromatic rings. The van der Waals surface area contributed by atoms with Crippen LogP contribution in [-0.2, 0) is 15.9 Å². The number of rotatable bonds is 8. The summed E-state index contributed by atoms with van der Waals surface area (Å²) in [6.45, 7) is 7.49. The summed E-state index contributed by atoms with van der Waals surface area (Å²) in [7, 11) is 0. The average Bonchev–Trinajstić information content (AvgIpc) is 3.37. The normalized spacial score (nSPS) is 22.1. The first kappa shape index (κ1) is 19.2. The van der Waals surface area contributed by atoms with Crippen LogP contribution in [0.5, 0.6) is 0 Å². The molecule has 6 heteroatoms. The van der Waals surface area contributed by atoms with Crippen molar-refractivity contribution in [2.45, 2.75) is 57.7 Å². The zero-order valence-electron chi connectivity index (χ0n) is 16.0. The molecule has 1 aromatic heterocycles. The number of likely N-dealkylation sites (tertiary alicyclic amines) is 1. The van der Waals surface area contributed by atoms with Crippen LogP contribution in [0.15, 0.2) is 27.8 Å². The predicted octanol–water partition coefficient (Wildman–Crippen LogP) is 2.84. The zero-order valence-corrected chi connectivity index (χ0v) is 16.0. The predicted molar refractivity (Wildman–Crippen MR) is 103 cm³/mol. The average molecular weight is 364 g/mol. The quantitative estimate of drug-likeness (QED) is 0.568. The standard InChI is InChI=1S/C20H33N3O3/c1-2-10-21-20(22-11-7-17-5-3-14-24-17)23-12-8-18(9-13-23)26-16-19-6-4-15-25-19/h3,5,14,18-19H,2,4,6-13,15-16H2,1H3,(H,21,22). The maximum Gasteiger partial charge on any atom is 0.193 e. The molecule has 0 aromatic carbocycles. The zero-order chi connectivity index (χ0) is 18.0. The molecule has 0 bridgehead atoms. The van der Waals surface area contributed by atoms with Crippen molar-refractivity contribution in [2.75, 3.05) is 39.4 Å². The molecule has 26 heavy (non-hydrogen) atoms. The molecule has 1 N–H and O–H groups in total. The van der Waals surface area contributed by atoms with Gasteiger partial charge in [0.2, 0.25) is 0 Å². The number of aliphatic imine (C=N–C) groups is 1. The third-order valence-electron chi connectivity index (χ3n) is 5.00. The van der Waals surface area contributed by atoms with Gasteiger partial charge in [0.1, 0.15) is 5.76 Å². The van der Waals surface area contributed by atoms with Crippen molar-refractivity contribution in [2.24, 2.45) is 4.99 Å². The lowest BCUT2D eigenvalue weighted by Crippen LogP contribution is -2.47. The van der Waals surface area contributed by atoms with Gasteiger partial charge in [-0.3, -0.25) is 4.99 Å². The summed E-state index contributed by atoms with van der Waals surface area (Å²) < 4.78 is 17.1. The molecule has 0 amide bonds. The van der Waals surface area contributed by atoms with E-state index >= 15 is 0 Å². The Labute approximate surface area is 156 Å². The van der Waals surface area contributed by atoms with Gasteiger partial charge >= 0.3 is 0 Å². The number of ether oxygens (including phenoxy) is 2. The Morgan fingerprint density at radius 2 is 2.23 bits per heavy atom. The van der Waals surface area contributed by atoms with E-state index in [1.165, 1.54) is 6.42 Å². The van der Waals surface area contributed by atoms with Gasteiger partial charge in [-0.15, -0.1) is 0 Å². The Morgan fingerprint density at radius 3 is 2.92 bits per heavy atom. The van der Waals surface area contributed by atoms with E-state index < -0.39 is 0 Å². The lowest BCUT2D eigenvalue weighted by Gasteiger charge is -2.34. The fraction of sp³-hybridized carbons (Fsp3) is 0.750. The van der Waals surface area contributed by atoms with Crippen molar-refractivity contribution in [3.8, 4) is 0 Å². The summed E-state index contributed by atoms with van der Waals surface area (Å²) in [4.78, 5) is 7.12. The van der Waals surface area contributed by atoms with Gasteiger partial charge in [0, 0.05) is 39.2 Å². The molecule has 146 valence electrons. The lowest BCUT2D eigenvalue weighted by molar-refractivity contribution is -0.0367. The second-order valence-electron chi connectivity index (χ2n) is 7.12. The SMILES string of the molecule is CCCN=C(NCCc1ccco1)N1CCC(OCC2CCCO2)CC1. The Hall–Kier alpha value is -1.53. The first-order valence-corrected chi connectivity index (χ1v) is 10.1. The third kappa shape index (κ3) is 6.02. The first-order chi connectivity index (χ1) is 12.8. The maximum absolute atomic E-state index is 6.08. The van der Waals surface area contributed by atoms with Crippen LogP contribution in [0.25, 0.3) is 0 Å². The smallest absolute Gasteiger partial charge is 0.193 e. The summed E-state index contributed by atoms with van der Waals surface area (Å²) >= 11 is 0. The molecule has 1 unspecified atom stereocenters. The van der Waals surface area contributed by atoms with Crippen LogP contribution in [0.3, 0.4) is 0 Å². The fourth-order valence-electron chi connectivity index (χ4n) is 3.49. The highest BCUT2D eigenvalue weighted by atomic mass is 16.5. The van der Waals surface area contributed by atoms with Gasteiger partial charge in [-0.2, -0.15) is 0 Å². The molecular formula is C20H33N3O3. The number of hydrogen-bond donors (Lipinski definition) is 1. The number of nitrogens with one attached hydrogen (secondary N) is 1. The minimum Gasteiger partial charge on any atom is -0.469 e. The van der Waals surface area contributed by atoms with Crippen LogP contribution in [0.1, 0.15) is 44.8 Å². The fourth-order valence-corrected chi connectivity index (χ4v) is 3.49. The van der Waals surface area contributed by atoms with E-state index in [4.69, 9.17) is 18.9 Å². The van der Waals surface area contributed by atoms with Crippen LogP contribution < -0.4 is 5.32 Å². The summed E-state index contributed by atoms with van der Waals surface area (Å²) in [5, 5.41) is 3.51. The van der Waals surface area contributed by atoms with Crippen molar-refractivity contribution in [1.82, 2.24) is 10.2 Å². The molecule has 2 aliphatic heterocycles. The van der Waals surface area contributed by atoms with Crippen LogP contribution in [0, 0.1) is 0 Å². The van der Waals surface area contributed by atoms with E-state index in [0.717, 1.165) is 83.2 Å². The first-order valence-electron chi connectivity index (χ1n) is 10.1. The van der Waals surface area contributed by atoms with Gasteiger partial charge in [-0.05, 0) is 44.2 Å². The van der Waals surface area contributed by atoms with Crippen molar-refractivity contribution >= 4 is 5.96 Å². The van der Waals surface area contributed by atoms with Gasteiger partial charge < -0.3 is 24.1 Å². The van der Waals surface area contributed by atoms with Crippen LogP contribution >= 0.6 is 0 Å². The number of furan rings is 1. The summed E-state index contributed by atoms with van der Waals surface area (Å²) in [6.07, 6.45) is 8.76. The topological polar surface area (TPSA) is 59.2 Å². The number of nitrogens with zero attached hydrogens (tertiary/aromatic N) is 2. The highest BCUT2D eigenvalue weighted by molar-refractivity contribution is 5.80. The van der Waals surface area contributed by atoms with E-state index in [-0.39, 0.29) is 0 Å². The largest absolute Gasteiger partial charge is 0.469 e. The molecule has 1 atom stereocenters. The lowest BCUT2D eigenvalue weighted by atomic mass is 10.1. The molecule has 0 spiro atoms. The number of guanidine groups is 1.